The van der Waals surface area contributed by atoms with Crippen LogP contribution in [0.25, 0.3) is 5.65 Å². The Bertz CT molecular complexity index is 994. The first-order valence-corrected chi connectivity index (χ1v) is 10.1. The van der Waals surface area contributed by atoms with E-state index in [0.717, 1.165) is 54.1 Å². The first kappa shape index (κ1) is 19.5. The third-order valence-corrected chi connectivity index (χ3v) is 5.61. The predicted molar refractivity (Wildman–Crippen MR) is 114 cm³/mol. The van der Waals surface area contributed by atoms with Crippen molar-refractivity contribution in [2.75, 3.05) is 37.1 Å². The number of fused-ring (bicyclic) bond motifs is 1. The fourth-order valence-electron chi connectivity index (χ4n) is 4.11. The molecule has 1 saturated heterocycles. The molecule has 29 heavy (non-hydrogen) atoms. The fraction of sp³-hybridized carbons (Fsp3) is 0.450. The lowest BCUT2D eigenvalue weighted by Crippen LogP contribution is -2.40. The van der Waals surface area contributed by atoms with Crippen LogP contribution in [0.15, 0.2) is 36.8 Å². The van der Waals surface area contributed by atoms with E-state index in [1.54, 1.807) is 11.8 Å². The van der Waals surface area contributed by atoms with Gasteiger partial charge in [0.1, 0.15) is 26.6 Å². The minimum Gasteiger partial charge on any atom is -0.396 e. The molecule has 0 amide bonds. The zero-order valence-electron chi connectivity index (χ0n) is 17.3. The summed E-state index contributed by atoms with van der Waals surface area (Å²) in [5.74, 6) is 1.94. The molecule has 1 N–H and O–H groups in total. The summed E-state index contributed by atoms with van der Waals surface area (Å²) in [5.41, 5.74) is 3.06. The highest BCUT2D eigenvalue weighted by Crippen LogP contribution is 2.29. The van der Waals surface area contributed by atoms with Gasteiger partial charge in [0.25, 0.3) is 0 Å². The van der Waals surface area contributed by atoms with Crippen LogP contribution in [0, 0.1) is 0 Å². The standard InChI is InChI=1S/C20H28BN6O2/c1-24(13-15-5-3-8-25(14-15)29-2)19-11-18(23-20-17(21)12-22-27(19)20)26-9-4-6-16(26)7-10-28/h3,5,8,11-12,14,16,28H,4,6-7,9-10,13,21H2,1-2H3/q+1/t16-/m0/s1. The lowest BCUT2D eigenvalue weighted by molar-refractivity contribution is -0.885. The van der Waals surface area contributed by atoms with E-state index in [4.69, 9.17) is 9.82 Å². The molecule has 0 unspecified atom stereocenters. The van der Waals surface area contributed by atoms with E-state index in [1.807, 2.05) is 37.0 Å². The summed E-state index contributed by atoms with van der Waals surface area (Å²) in [6.45, 7) is 1.88. The number of rotatable bonds is 7. The summed E-state index contributed by atoms with van der Waals surface area (Å²) in [5, 5.41) is 14.0. The van der Waals surface area contributed by atoms with Crippen molar-refractivity contribution in [2.24, 2.45) is 0 Å². The van der Waals surface area contributed by atoms with E-state index in [1.165, 1.54) is 0 Å². The summed E-state index contributed by atoms with van der Waals surface area (Å²) in [7, 11) is 5.75. The van der Waals surface area contributed by atoms with Crippen LogP contribution in [-0.2, 0) is 6.54 Å². The first-order chi connectivity index (χ1) is 14.1. The number of nitrogens with zero attached hydrogens (tertiary/aromatic N) is 6. The van der Waals surface area contributed by atoms with E-state index in [-0.39, 0.29) is 6.61 Å². The highest BCUT2D eigenvalue weighted by molar-refractivity contribution is 6.36. The highest BCUT2D eigenvalue weighted by Gasteiger charge is 2.27. The maximum Gasteiger partial charge on any atom is 0.227 e. The Hall–Kier alpha value is -2.81. The molecule has 3 aromatic heterocycles. The van der Waals surface area contributed by atoms with Gasteiger partial charge in [-0.15, -0.1) is 0 Å². The SMILES string of the molecule is Bc1cnn2c(N(C)Cc3ccc[n+](OC)c3)cc(N3CCC[C@H]3CCO)nc12. The average Bonchev–Trinajstić information content (AvgIpc) is 3.34. The molecule has 1 atom stereocenters. The van der Waals surface area contributed by atoms with Gasteiger partial charge < -0.3 is 14.9 Å². The number of hydrogen-bond donors (Lipinski definition) is 1. The highest BCUT2D eigenvalue weighted by atomic mass is 16.6. The molecule has 152 valence electrons. The molecule has 1 aliphatic heterocycles. The number of aliphatic hydroxyl groups excluding tert-OH is 1. The second kappa shape index (κ2) is 8.28. The predicted octanol–water partition coefficient (Wildman–Crippen LogP) is -0.679. The second-order valence-electron chi connectivity index (χ2n) is 7.65. The smallest absolute Gasteiger partial charge is 0.227 e. The molecule has 9 heteroatoms. The van der Waals surface area contributed by atoms with Crippen molar-refractivity contribution in [1.29, 1.82) is 0 Å². The van der Waals surface area contributed by atoms with Crippen LogP contribution in [0.3, 0.4) is 0 Å². The van der Waals surface area contributed by atoms with Crippen molar-refractivity contribution in [1.82, 2.24) is 14.6 Å². The molecule has 8 nitrogen and oxygen atoms in total. The topological polar surface area (TPSA) is 70.0 Å². The van der Waals surface area contributed by atoms with E-state index < -0.39 is 0 Å². The second-order valence-corrected chi connectivity index (χ2v) is 7.65. The molecule has 4 heterocycles. The van der Waals surface area contributed by atoms with E-state index in [2.05, 4.69) is 34.1 Å². The third-order valence-electron chi connectivity index (χ3n) is 5.61. The van der Waals surface area contributed by atoms with Crippen LogP contribution in [0.4, 0.5) is 11.6 Å². The maximum atomic E-state index is 9.44. The van der Waals surface area contributed by atoms with Crippen molar-refractivity contribution < 1.29 is 14.7 Å². The molecule has 0 spiro atoms. The Morgan fingerprint density at radius 1 is 1.45 bits per heavy atom. The summed E-state index contributed by atoms with van der Waals surface area (Å²) in [4.78, 5) is 14.7. The number of pyridine rings is 1. The van der Waals surface area contributed by atoms with Gasteiger partial charge in [-0.2, -0.15) is 9.61 Å². The van der Waals surface area contributed by atoms with Gasteiger partial charge in [-0.25, -0.2) is 4.98 Å². The van der Waals surface area contributed by atoms with Gasteiger partial charge in [-0.1, -0.05) is 0 Å². The van der Waals surface area contributed by atoms with Gasteiger partial charge in [0, 0.05) is 54.9 Å². The first-order valence-electron chi connectivity index (χ1n) is 10.1. The van der Waals surface area contributed by atoms with Crippen LogP contribution >= 0.6 is 0 Å². The van der Waals surface area contributed by atoms with Crippen LogP contribution in [0.2, 0.25) is 0 Å². The van der Waals surface area contributed by atoms with Gasteiger partial charge in [0.2, 0.25) is 12.4 Å². The van der Waals surface area contributed by atoms with Crippen LogP contribution in [0.1, 0.15) is 24.8 Å². The quantitative estimate of drug-likeness (QED) is 0.423. The number of aromatic nitrogens is 4. The van der Waals surface area contributed by atoms with Crippen LogP contribution in [0.5, 0.6) is 0 Å². The number of hydrogen-bond acceptors (Lipinski definition) is 6. The maximum absolute atomic E-state index is 9.44. The molecule has 3 aromatic rings. The number of anilines is 2. The Balaban J connectivity index is 1.70. The lowest BCUT2D eigenvalue weighted by Gasteiger charge is -2.27. The van der Waals surface area contributed by atoms with Crippen LogP contribution < -0.4 is 24.8 Å². The minimum atomic E-state index is 0.204. The van der Waals surface area contributed by atoms with Crippen molar-refractivity contribution in [3.63, 3.8) is 0 Å². The zero-order valence-corrected chi connectivity index (χ0v) is 17.3. The normalized spacial score (nSPS) is 16.5. The summed E-state index contributed by atoms with van der Waals surface area (Å²) < 4.78 is 3.60. The fourth-order valence-corrected chi connectivity index (χ4v) is 4.11. The molecular weight excluding hydrogens is 367 g/mol. The largest absolute Gasteiger partial charge is 0.396 e. The molecular formula is C20H28BN6O2+. The van der Waals surface area contributed by atoms with Crippen molar-refractivity contribution in [3.8, 4) is 0 Å². The zero-order chi connectivity index (χ0) is 20.4. The van der Waals surface area contributed by atoms with Gasteiger partial charge in [-0.3, -0.25) is 4.84 Å². The third kappa shape index (κ3) is 3.87. The minimum absolute atomic E-state index is 0.204. The summed E-state index contributed by atoms with van der Waals surface area (Å²) in [6, 6.07) is 6.51. The summed E-state index contributed by atoms with van der Waals surface area (Å²) >= 11 is 0. The molecule has 0 bridgehead atoms. The number of aliphatic hydroxyl groups is 1. The Kier molecular flexibility index (Phi) is 5.57. The lowest BCUT2D eigenvalue weighted by atomic mass is 10.0. The molecule has 4 rings (SSSR count). The van der Waals surface area contributed by atoms with Gasteiger partial charge in [-0.05, 0) is 30.8 Å². The Morgan fingerprint density at radius 2 is 2.31 bits per heavy atom. The molecule has 0 saturated carbocycles. The molecule has 0 radical (unpaired) electrons. The van der Waals surface area contributed by atoms with Gasteiger partial charge >= 0.3 is 0 Å². The van der Waals surface area contributed by atoms with Crippen molar-refractivity contribution >= 4 is 30.6 Å². The van der Waals surface area contributed by atoms with E-state index in [0.29, 0.717) is 12.6 Å². The van der Waals surface area contributed by atoms with Crippen LogP contribution in [-0.4, -0.2) is 60.9 Å². The molecule has 0 aliphatic carbocycles. The molecule has 0 aromatic carbocycles. The summed E-state index contributed by atoms with van der Waals surface area (Å²) in [6.07, 6.45) is 8.71. The van der Waals surface area contributed by atoms with Crippen molar-refractivity contribution in [2.45, 2.75) is 31.8 Å². The average molecular weight is 395 g/mol. The van der Waals surface area contributed by atoms with E-state index in [9.17, 15) is 5.11 Å². The Morgan fingerprint density at radius 3 is 3.10 bits per heavy atom. The van der Waals surface area contributed by atoms with Gasteiger partial charge in [0.15, 0.2) is 5.65 Å². The molecule has 1 fully saturated rings. The monoisotopic (exact) mass is 395 g/mol. The Labute approximate surface area is 171 Å². The van der Waals surface area contributed by atoms with Crippen molar-refractivity contribution in [3.05, 3.63) is 42.4 Å². The van der Waals surface area contributed by atoms with E-state index >= 15 is 0 Å². The molecule has 1 aliphatic rings. The van der Waals surface area contributed by atoms with Gasteiger partial charge in [0.05, 0.1) is 6.54 Å².